The van der Waals surface area contributed by atoms with E-state index < -0.39 is 152 Å². The van der Waals surface area contributed by atoms with Crippen molar-refractivity contribution in [1.29, 1.82) is 0 Å². The van der Waals surface area contributed by atoms with Crippen LogP contribution in [0.1, 0.15) is 89.5 Å². The van der Waals surface area contributed by atoms with Crippen molar-refractivity contribution in [1.82, 2.24) is 21.3 Å². The van der Waals surface area contributed by atoms with Gasteiger partial charge in [-0.2, -0.15) is 0 Å². The number of rotatable bonds is 10. The molecule has 0 aromatic carbocycles. The number of alkyl carbamates (subject to hydrolysis) is 4. The smallest absolute Gasteiger partial charge is 0.408 e. The molecule has 1 aliphatic carbocycles. The summed E-state index contributed by atoms with van der Waals surface area (Å²) in [5, 5.41) is 87.3. The lowest BCUT2D eigenvalue weighted by molar-refractivity contribution is -0.334. The lowest BCUT2D eigenvalue weighted by Crippen LogP contribution is -2.70. The molecule has 11 N–H and O–H groups in total. The van der Waals surface area contributed by atoms with Crippen LogP contribution >= 0.6 is 0 Å². The Labute approximate surface area is 355 Å². The third-order valence-corrected chi connectivity index (χ3v) is 9.04. The van der Waals surface area contributed by atoms with Crippen LogP contribution in [0.25, 0.3) is 0 Å². The fraction of sp³-hybridized carbons (Fsp3) is 0.895. The van der Waals surface area contributed by atoms with Crippen LogP contribution in [-0.2, 0) is 37.9 Å². The first-order valence-corrected chi connectivity index (χ1v) is 20.1. The van der Waals surface area contributed by atoms with Crippen LogP contribution in [0.4, 0.5) is 19.2 Å². The number of nitrogens with one attached hydrogen (secondary N) is 4. The summed E-state index contributed by atoms with van der Waals surface area (Å²) in [7, 11) is 0. The second-order valence-electron chi connectivity index (χ2n) is 19.2. The molecule has 23 heteroatoms. The minimum absolute atomic E-state index is 0.364. The Hall–Kier alpha value is -3.36. The van der Waals surface area contributed by atoms with Crippen molar-refractivity contribution in [3.63, 3.8) is 0 Å². The number of hydrogen-bond acceptors (Lipinski definition) is 19. The van der Waals surface area contributed by atoms with E-state index in [4.69, 9.17) is 37.9 Å². The maximum Gasteiger partial charge on any atom is 0.408 e. The molecule has 23 nitrogen and oxygen atoms in total. The Morgan fingerprint density at radius 3 is 1.33 bits per heavy atom. The van der Waals surface area contributed by atoms with Crippen molar-refractivity contribution in [2.75, 3.05) is 13.2 Å². The third kappa shape index (κ3) is 15.7. The molecular formula is C38H68N4O19. The maximum absolute atomic E-state index is 13.2. The van der Waals surface area contributed by atoms with Crippen LogP contribution in [0.5, 0.6) is 0 Å². The standard InChI is InChI=1S/C38H68N4O19/c1-35(2,3)58-31(50)39-14-18-22(45)24(47)25(48)30(54-18)57-28-17(41-33(52)60-37(7,8)9)13-16(40-32(51)59-36(4,5)6)27(26(28)49)56-29-23(46)20(21(44)19(15-43)55-29)42-34(53)61-38(10,11)12/h16-30,43-49H,13-15H2,1-12H3,(H,39,50)(H,40,51)(H,41,52)(H,42,53)/t16-,17?,18?,19?,20?,21-,22-,23-,24+,25?,26-,27?,28-,29-,30-/m1/s1. The monoisotopic (exact) mass is 884 g/mol. The molecule has 2 saturated heterocycles. The van der Waals surface area contributed by atoms with Crippen molar-refractivity contribution in [3.8, 4) is 0 Å². The number of amides is 4. The molecule has 2 aliphatic heterocycles. The van der Waals surface area contributed by atoms with Crippen molar-refractivity contribution >= 4 is 24.4 Å². The molecular weight excluding hydrogens is 816 g/mol. The van der Waals surface area contributed by atoms with E-state index in [0.29, 0.717) is 0 Å². The fourth-order valence-electron chi connectivity index (χ4n) is 6.57. The van der Waals surface area contributed by atoms with E-state index in [1.54, 1.807) is 83.1 Å². The largest absolute Gasteiger partial charge is 0.444 e. The predicted octanol–water partition coefficient (Wildman–Crippen LogP) is -1.03. The van der Waals surface area contributed by atoms with Gasteiger partial charge < -0.3 is 94.9 Å². The number of aliphatic hydroxyl groups excluding tert-OH is 7. The van der Waals surface area contributed by atoms with Crippen LogP contribution in [0.3, 0.4) is 0 Å². The van der Waals surface area contributed by atoms with Crippen LogP contribution in [0.15, 0.2) is 0 Å². The zero-order chi connectivity index (χ0) is 46.6. The van der Waals surface area contributed by atoms with E-state index in [9.17, 15) is 54.9 Å². The minimum atomic E-state index is -2.00. The molecule has 0 aromatic rings. The van der Waals surface area contributed by atoms with Gasteiger partial charge in [0.1, 0.15) is 83.4 Å². The normalized spacial score (nSPS) is 35.0. The Bertz CT molecular complexity index is 1480. The quantitative estimate of drug-likeness (QED) is 0.117. The first-order valence-electron chi connectivity index (χ1n) is 20.1. The molecule has 3 fully saturated rings. The van der Waals surface area contributed by atoms with Crippen LogP contribution in [0.2, 0.25) is 0 Å². The van der Waals surface area contributed by atoms with E-state index in [-0.39, 0.29) is 6.42 Å². The van der Waals surface area contributed by atoms with E-state index in [1.165, 1.54) is 0 Å². The fourth-order valence-corrected chi connectivity index (χ4v) is 6.57. The van der Waals surface area contributed by atoms with Gasteiger partial charge in [-0.3, -0.25) is 0 Å². The summed E-state index contributed by atoms with van der Waals surface area (Å²) < 4.78 is 45.2. The highest BCUT2D eigenvalue weighted by molar-refractivity contribution is 5.70. The average molecular weight is 885 g/mol. The molecule has 1 saturated carbocycles. The molecule has 3 aliphatic rings. The maximum atomic E-state index is 13.2. The van der Waals surface area contributed by atoms with Crippen LogP contribution in [0, 0.1) is 0 Å². The Morgan fingerprint density at radius 1 is 0.508 bits per heavy atom. The second kappa shape index (κ2) is 20.4. The van der Waals surface area contributed by atoms with Gasteiger partial charge in [0, 0.05) is 6.54 Å². The average Bonchev–Trinajstić information content (AvgIpc) is 3.07. The Morgan fingerprint density at radius 2 is 0.902 bits per heavy atom. The summed E-state index contributed by atoms with van der Waals surface area (Å²) in [4.78, 5) is 51.6. The zero-order valence-corrected chi connectivity index (χ0v) is 36.8. The van der Waals surface area contributed by atoms with Gasteiger partial charge in [-0.25, -0.2) is 19.2 Å². The topological polar surface area (TPSA) is 332 Å². The molecule has 0 radical (unpaired) electrons. The molecule has 6 unspecified atom stereocenters. The highest BCUT2D eigenvalue weighted by Crippen LogP contribution is 2.34. The van der Waals surface area contributed by atoms with Crippen molar-refractivity contribution in [2.24, 2.45) is 0 Å². The summed E-state index contributed by atoms with van der Waals surface area (Å²) in [6.45, 7) is 17.9. The van der Waals surface area contributed by atoms with Gasteiger partial charge in [-0.05, 0) is 89.5 Å². The molecule has 15 atom stereocenters. The number of carbonyl (C=O) groups is 4. The molecule has 2 heterocycles. The molecule has 0 aromatic heterocycles. The van der Waals surface area contributed by atoms with E-state index in [2.05, 4.69) is 21.3 Å². The van der Waals surface area contributed by atoms with Gasteiger partial charge in [0.15, 0.2) is 12.6 Å². The summed E-state index contributed by atoms with van der Waals surface area (Å²) in [6.07, 6.45) is -25.7. The molecule has 61 heavy (non-hydrogen) atoms. The van der Waals surface area contributed by atoms with E-state index in [0.717, 1.165) is 0 Å². The lowest BCUT2D eigenvalue weighted by atomic mass is 9.83. The summed E-state index contributed by atoms with van der Waals surface area (Å²) in [6, 6.07) is -4.26. The SMILES string of the molecule is CC(C)(C)OC(=O)NCC1O[C@H](O[C@@H]2C(NC(=O)OC(C)(C)C)C[C@@H](NC(=O)OC(C)(C)C)C(O[C@H]3OC(CO)[C@@H](O)C(NC(=O)OC(C)(C)C)[C@H]3O)[C@H]2O)C(O)[C@@H](O)[C@@H]1O. The second-order valence-corrected chi connectivity index (χ2v) is 19.2. The summed E-state index contributed by atoms with van der Waals surface area (Å²) in [5.41, 5.74) is -3.90. The van der Waals surface area contributed by atoms with Gasteiger partial charge in [-0.1, -0.05) is 0 Å². The molecule has 3 rings (SSSR count). The van der Waals surface area contributed by atoms with E-state index in [1.807, 2.05) is 0 Å². The number of aliphatic hydroxyl groups is 7. The summed E-state index contributed by atoms with van der Waals surface area (Å²) >= 11 is 0. The third-order valence-electron chi connectivity index (χ3n) is 9.04. The minimum Gasteiger partial charge on any atom is -0.444 e. The number of carbonyl (C=O) groups excluding carboxylic acids is 4. The summed E-state index contributed by atoms with van der Waals surface area (Å²) in [5.74, 6) is 0. The first kappa shape index (κ1) is 52.0. The van der Waals surface area contributed by atoms with Crippen LogP contribution in [-0.4, -0.2) is 187 Å². The van der Waals surface area contributed by atoms with Crippen molar-refractivity contribution in [2.45, 2.75) is 204 Å². The molecule has 0 bridgehead atoms. The van der Waals surface area contributed by atoms with Gasteiger partial charge in [-0.15, -0.1) is 0 Å². The molecule has 0 spiro atoms. The van der Waals surface area contributed by atoms with E-state index >= 15 is 0 Å². The van der Waals surface area contributed by atoms with Gasteiger partial charge in [0.25, 0.3) is 0 Å². The predicted molar refractivity (Wildman–Crippen MR) is 209 cm³/mol. The number of ether oxygens (including phenoxy) is 8. The Kier molecular flexibility index (Phi) is 17.4. The van der Waals surface area contributed by atoms with Crippen molar-refractivity contribution in [3.05, 3.63) is 0 Å². The number of hydrogen-bond donors (Lipinski definition) is 11. The van der Waals surface area contributed by atoms with Gasteiger partial charge >= 0.3 is 24.4 Å². The zero-order valence-electron chi connectivity index (χ0n) is 36.8. The van der Waals surface area contributed by atoms with Gasteiger partial charge in [0.2, 0.25) is 0 Å². The lowest BCUT2D eigenvalue weighted by Gasteiger charge is -2.49. The highest BCUT2D eigenvalue weighted by atomic mass is 16.7. The first-order chi connectivity index (χ1) is 27.8. The molecule has 354 valence electrons. The highest BCUT2D eigenvalue weighted by Gasteiger charge is 2.54. The van der Waals surface area contributed by atoms with Crippen molar-refractivity contribution < 1.29 is 92.8 Å². The van der Waals surface area contributed by atoms with Gasteiger partial charge in [0.05, 0.1) is 24.7 Å². The van der Waals surface area contributed by atoms with Crippen LogP contribution < -0.4 is 21.3 Å². The molecule has 4 amide bonds. The Balaban J connectivity index is 2.05.